The summed E-state index contributed by atoms with van der Waals surface area (Å²) in [5, 5.41) is 14.9. The van der Waals surface area contributed by atoms with Crippen LogP contribution in [-0.4, -0.2) is 44.7 Å². The third kappa shape index (κ3) is 5.33. The highest BCUT2D eigenvalue weighted by molar-refractivity contribution is 9.10. The molecule has 0 spiro atoms. The predicted octanol–water partition coefficient (Wildman–Crippen LogP) is 3.40. The summed E-state index contributed by atoms with van der Waals surface area (Å²) in [6, 6.07) is 10.2. The molecule has 1 fully saturated rings. The number of rotatable bonds is 9. The van der Waals surface area contributed by atoms with Gasteiger partial charge in [0.2, 0.25) is 11.9 Å². The fraction of sp³-hybridized carbons (Fsp3) is 0.381. The van der Waals surface area contributed by atoms with Gasteiger partial charge >= 0.3 is 0 Å². The maximum Gasteiger partial charge on any atom is 0.244 e. The standard InChI is InChI=1S/C21H23BrN2O7/c1-28-11-30-17-8-7-13(9-18(17)31-12-29-2)20-21(24(26)27)15(10-19(25)23-20)14-5-3-4-6-16(14)22/h3-9,15,20-21H,10-12H2,1-2H3,(H,23,25). The second kappa shape index (κ2) is 10.6. The third-order valence-electron chi connectivity index (χ3n) is 5.02. The van der Waals surface area contributed by atoms with Crippen molar-refractivity contribution < 1.29 is 28.7 Å². The molecule has 1 aliphatic rings. The third-order valence-corrected chi connectivity index (χ3v) is 5.74. The quantitative estimate of drug-likeness (QED) is 0.323. The Kier molecular flexibility index (Phi) is 7.83. The minimum atomic E-state index is -1.07. The number of nitrogens with one attached hydrogen (secondary N) is 1. The number of amides is 1. The Morgan fingerprint density at radius 1 is 1.10 bits per heavy atom. The van der Waals surface area contributed by atoms with Gasteiger partial charge in [-0.25, -0.2) is 0 Å². The normalized spacial score (nSPS) is 20.7. The number of hydrogen-bond donors (Lipinski definition) is 1. The van der Waals surface area contributed by atoms with Crippen LogP contribution in [0.5, 0.6) is 11.5 Å². The fourth-order valence-corrected chi connectivity index (χ4v) is 4.26. The van der Waals surface area contributed by atoms with Crippen molar-refractivity contribution in [1.82, 2.24) is 5.32 Å². The van der Waals surface area contributed by atoms with Gasteiger partial charge in [-0.3, -0.25) is 14.9 Å². The lowest BCUT2D eigenvalue weighted by molar-refractivity contribution is -0.533. The molecule has 1 saturated heterocycles. The molecule has 0 aromatic heterocycles. The van der Waals surface area contributed by atoms with E-state index in [1.165, 1.54) is 14.2 Å². The lowest BCUT2D eigenvalue weighted by Crippen LogP contribution is -2.49. The number of methoxy groups -OCH3 is 2. The molecule has 31 heavy (non-hydrogen) atoms. The first-order chi connectivity index (χ1) is 15.0. The molecule has 166 valence electrons. The molecular formula is C21H23BrN2O7. The summed E-state index contributed by atoms with van der Waals surface area (Å²) in [5.74, 6) is -0.138. The van der Waals surface area contributed by atoms with E-state index in [0.29, 0.717) is 17.1 Å². The largest absolute Gasteiger partial charge is 0.464 e. The highest BCUT2D eigenvalue weighted by Gasteiger charge is 2.47. The highest BCUT2D eigenvalue weighted by Crippen LogP contribution is 2.41. The smallest absolute Gasteiger partial charge is 0.244 e. The van der Waals surface area contributed by atoms with Gasteiger partial charge in [0.15, 0.2) is 25.1 Å². The first kappa shape index (κ1) is 23.0. The number of halogens is 1. The van der Waals surface area contributed by atoms with E-state index in [2.05, 4.69) is 21.2 Å². The summed E-state index contributed by atoms with van der Waals surface area (Å²) in [5.41, 5.74) is 1.25. The summed E-state index contributed by atoms with van der Waals surface area (Å²) in [6.45, 7) is -0.0352. The van der Waals surface area contributed by atoms with Crippen molar-refractivity contribution in [2.45, 2.75) is 24.4 Å². The zero-order valence-electron chi connectivity index (χ0n) is 17.1. The van der Waals surface area contributed by atoms with Crippen molar-refractivity contribution in [3.63, 3.8) is 0 Å². The van der Waals surface area contributed by atoms with Crippen LogP contribution in [0.15, 0.2) is 46.9 Å². The van der Waals surface area contributed by atoms with Gasteiger partial charge in [-0.2, -0.15) is 0 Å². The average molecular weight is 495 g/mol. The molecule has 3 rings (SSSR count). The van der Waals surface area contributed by atoms with Crippen LogP contribution in [0.4, 0.5) is 0 Å². The number of nitrogens with zero attached hydrogens (tertiary/aromatic N) is 1. The van der Waals surface area contributed by atoms with Crippen LogP contribution in [0, 0.1) is 10.1 Å². The zero-order chi connectivity index (χ0) is 22.4. The van der Waals surface area contributed by atoms with Crippen LogP contribution in [0.25, 0.3) is 0 Å². The van der Waals surface area contributed by atoms with Crippen molar-refractivity contribution in [2.24, 2.45) is 0 Å². The van der Waals surface area contributed by atoms with Crippen LogP contribution in [0.3, 0.4) is 0 Å². The summed E-state index contributed by atoms with van der Waals surface area (Å²) in [6.07, 6.45) is 0.0207. The lowest BCUT2D eigenvalue weighted by Gasteiger charge is -2.33. The second-order valence-corrected chi connectivity index (χ2v) is 7.82. The Balaban J connectivity index is 2.01. The number of piperidine rings is 1. The minimum absolute atomic E-state index is 0.00445. The van der Waals surface area contributed by atoms with Crippen molar-refractivity contribution in [2.75, 3.05) is 27.8 Å². The molecule has 3 unspecified atom stereocenters. The maximum absolute atomic E-state index is 12.5. The second-order valence-electron chi connectivity index (χ2n) is 6.96. The summed E-state index contributed by atoms with van der Waals surface area (Å²) >= 11 is 3.46. The molecule has 2 aromatic carbocycles. The number of hydrogen-bond acceptors (Lipinski definition) is 7. The lowest BCUT2D eigenvalue weighted by atomic mass is 9.79. The van der Waals surface area contributed by atoms with E-state index in [1.54, 1.807) is 30.3 Å². The molecular weight excluding hydrogens is 472 g/mol. The van der Waals surface area contributed by atoms with Crippen LogP contribution >= 0.6 is 15.9 Å². The van der Waals surface area contributed by atoms with E-state index >= 15 is 0 Å². The number of carbonyl (C=O) groups excluding carboxylic acids is 1. The van der Waals surface area contributed by atoms with E-state index in [1.807, 2.05) is 12.1 Å². The van der Waals surface area contributed by atoms with E-state index in [4.69, 9.17) is 18.9 Å². The van der Waals surface area contributed by atoms with Gasteiger partial charge in [-0.1, -0.05) is 40.2 Å². The van der Waals surface area contributed by atoms with Gasteiger partial charge in [-0.15, -0.1) is 0 Å². The Hall–Kier alpha value is -2.69. The monoisotopic (exact) mass is 494 g/mol. The molecule has 10 heteroatoms. The Bertz CT molecular complexity index is 940. The van der Waals surface area contributed by atoms with Gasteiger partial charge < -0.3 is 24.3 Å². The molecule has 1 heterocycles. The summed E-state index contributed by atoms with van der Waals surface area (Å²) < 4.78 is 21.7. The molecule has 1 amide bonds. The van der Waals surface area contributed by atoms with Gasteiger partial charge in [-0.05, 0) is 29.3 Å². The van der Waals surface area contributed by atoms with Crippen LogP contribution in [0.1, 0.15) is 29.5 Å². The first-order valence-electron chi connectivity index (χ1n) is 9.51. The fourth-order valence-electron chi connectivity index (χ4n) is 3.68. The van der Waals surface area contributed by atoms with Crippen molar-refractivity contribution in [3.8, 4) is 11.5 Å². The zero-order valence-corrected chi connectivity index (χ0v) is 18.7. The molecule has 0 bridgehead atoms. The van der Waals surface area contributed by atoms with E-state index in [-0.39, 0.29) is 30.8 Å². The maximum atomic E-state index is 12.5. The molecule has 0 saturated carbocycles. The predicted molar refractivity (Wildman–Crippen MR) is 115 cm³/mol. The van der Waals surface area contributed by atoms with Crippen molar-refractivity contribution in [1.29, 1.82) is 0 Å². The Morgan fingerprint density at radius 3 is 2.42 bits per heavy atom. The van der Waals surface area contributed by atoms with Crippen LogP contribution in [0.2, 0.25) is 0 Å². The molecule has 0 aliphatic carbocycles. The van der Waals surface area contributed by atoms with Gasteiger partial charge in [0, 0.05) is 30.0 Å². The highest BCUT2D eigenvalue weighted by atomic mass is 79.9. The first-order valence-corrected chi connectivity index (χ1v) is 10.3. The molecule has 1 aliphatic heterocycles. The molecule has 9 nitrogen and oxygen atoms in total. The van der Waals surface area contributed by atoms with Gasteiger partial charge in [0.05, 0.1) is 5.92 Å². The minimum Gasteiger partial charge on any atom is -0.464 e. The summed E-state index contributed by atoms with van der Waals surface area (Å²) in [4.78, 5) is 24.4. The molecule has 3 atom stereocenters. The number of benzene rings is 2. The van der Waals surface area contributed by atoms with Crippen LogP contribution < -0.4 is 14.8 Å². The van der Waals surface area contributed by atoms with E-state index in [0.717, 1.165) is 10.0 Å². The van der Waals surface area contributed by atoms with E-state index < -0.39 is 18.0 Å². The van der Waals surface area contributed by atoms with Gasteiger partial charge in [0.1, 0.15) is 6.04 Å². The number of carbonyl (C=O) groups is 1. The number of ether oxygens (including phenoxy) is 4. The molecule has 1 N–H and O–H groups in total. The molecule has 0 radical (unpaired) electrons. The molecule has 2 aromatic rings. The average Bonchev–Trinajstić information content (AvgIpc) is 2.76. The topological polar surface area (TPSA) is 109 Å². The van der Waals surface area contributed by atoms with Gasteiger partial charge in [0.25, 0.3) is 0 Å². The Labute approximate surface area is 187 Å². The number of nitro groups is 1. The van der Waals surface area contributed by atoms with Crippen LogP contribution in [-0.2, 0) is 14.3 Å². The Morgan fingerprint density at radius 2 is 1.77 bits per heavy atom. The van der Waals surface area contributed by atoms with Crippen molar-refractivity contribution >= 4 is 21.8 Å². The van der Waals surface area contributed by atoms with Crippen molar-refractivity contribution in [3.05, 3.63) is 68.2 Å². The SMILES string of the molecule is COCOc1ccc(C2NC(=O)CC(c3ccccc3Br)C2[N+](=O)[O-])cc1OCOC. The summed E-state index contributed by atoms with van der Waals surface area (Å²) in [7, 11) is 2.97. The van der Waals surface area contributed by atoms with E-state index in [9.17, 15) is 14.9 Å².